The van der Waals surface area contributed by atoms with Gasteiger partial charge in [0.25, 0.3) is 0 Å². The number of nitrogens with one attached hydrogen (secondary N) is 17. The minimum atomic E-state index is -2.15. The number of carbonyl (C=O) groups is 19. The number of aliphatic carboxylic acids is 2. The zero-order chi connectivity index (χ0) is 93.0. The Bertz CT molecular complexity index is 4190. The van der Waals surface area contributed by atoms with Gasteiger partial charge in [-0.15, -0.1) is 0 Å². The minimum Gasteiger partial charge on any atom is -0.508 e. The lowest BCUT2D eigenvalue weighted by atomic mass is 10.0. The standard InChI is InChI=1S/C76H111N21O26S/c1-37(2)24-46(71(118)97-61(38(3)4)75(122)123)85-58(105)31-84-63(110)52(32-98)94-74(121)55(35-101)96-68(115)48(26-40-14-9-6-10-15-40)89-70(117)51(29-60(107)108)93-67(114)47(25-39-12-7-5-8-13-39)91-73(120)54(34-100)95-65(112)45(21-22-56(78)103)88-64(111)44(16-11-23-82-76(80)81)87-69(116)50(28-57(79)104)92-66(113)49(27-41-17-19-42(102)20-18-41)90-72(119)53(33-99)86-59(106)30-83-62(109)43(77)36-124/h5-10,12-15,17-20,37-38,43-55,61,98-102,124H,11,16,21-36,77H2,1-4H3,(H2,78,103)(H2,79,104)(H,83,109)(H,84,110)(H,85,105)(H,86,106)(H,87,116)(H,88,111)(H,89,117)(H,90,119)(H,91,120)(H,92,113)(H,93,114)(H,94,121)(H,95,112)(H,96,115)(H,97,118)(H,107,108)(H,122,123)(H4,80,81,82)/t43-,44-,45-,46-,47-,48-,49-,50-,51-,52-,53-,54-,55-,61-/m0/s1. The molecule has 682 valence electrons. The molecule has 14 atom stereocenters. The van der Waals surface area contributed by atoms with E-state index in [4.69, 9.17) is 28.3 Å². The first-order chi connectivity index (χ1) is 58.5. The van der Waals surface area contributed by atoms with Crippen molar-refractivity contribution in [3.8, 4) is 5.75 Å². The molecule has 3 aromatic carbocycles. The van der Waals surface area contributed by atoms with Gasteiger partial charge in [-0.05, 0) is 66.3 Å². The smallest absolute Gasteiger partial charge is 0.326 e. The Hall–Kier alpha value is -13.2. The molecule has 3 aromatic rings. The number of carboxylic acids is 2. The normalized spacial score (nSPS) is 14.4. The van der Waals surface area contributed by atoms with Crippen molar-refractivity contribution in [2.75, 3.05) is 51.8 Å². The van der Waals surface area contributed by atoms with E-state index in [0.717, 1.165) is 0 Å². The van der Waals surface area contributed by atoms with Gasteiger partial charge in [0, 0.05) is 38.0 Å². The van der Waals surface area contributed by atoms with E-state index < -0.39 is 300 Å². The summed E-state index contributed by atoms with van der Waals surface area (Å²) in [4.78, 5) is 256. The fourth-order valence-corrected chi connectivity index (χ4v) is 11.6. The summed E-state index contributed by atoms with van der Waals surface area (Å²) in [5.74, 6) is -24.8. The Labute approximate surface area is 715 Å². The van der Waals surface area contributed by atoms with Gasteiger partial charge in [-0.3, -0.25) is 91.7 Å². The molecule has 0 heterocycles. The van der Waals surface area contributed by atoms with Crippen LogP contribution in [0.3, 0.4) is 0 Å². The Kier molecular flexibility index (Phi) is 45.9. The third-order valence-corrected chi connectivity index (χ3v) is 18.5. The number of benzene rings is 3. The van der Waals surface area contributed by atoms with Crippen LogP contribution in [0.4, 0.5) is 0 Å². The fraction of sp³-hybridized carbons (Fsp3) is 0.500. The van der Waals surface area contributed by atoms with Crippen LogP contribution in [0.15, 0.2) is 84.9 Å². The number of aromatic hydroxyl groups is 1. The van der Waals surface area contributed by atoms with Crippen LogP contribution in [0.2, 0.25) is 0 Å². The summed E-state index contributed by atoms with van der Waals surface area (Å²) in [6.07, 6.45) is -5.57. The lowest BCUT2D eigenvalue weighted by Gasteiger charge is -2.28. The van der Waals surface area contributed by atoms with E-state index in [-0.39, 0.29) is 42.4 Å². The number of phenolic OH excluding ortho intramolecular Hbond substituents is 1. The van der Waals surface area contributed by atoms with Crippen LogP contribution >= 0.6 is 12.6 Å². The number of guanidine groups is 1. The average Bonchev–Trinajstić information content (AvgIpc) is 0.850. The minimum absolute atomic E-state index is 0.0370. The first-order valence-electron chi connectivity index (χ1n) is 38.8. The number of thiol groups is 1. The second-order valence-corrected chi connectivity index (χ2v) is 29.4. The van der Waals surface area contributed by atoms with E-state index in [1.54, 1.807) is 39.8 Å². The highest BCUT2D eigenvalue weighted by molar-refractivity contribution is 7.80. The summed E-state index contributed by atoms with van der Waals surface area (Å²) in [6.45, 7) is 0.0611. The van der Waals surface area contributed by atoms with E-state index in [2.05, 4.69) is 97.7 Å². The first kappa shape index (κ1) is 105. The predicted octanol–water partition coefficient (Wildman–Crippen LogP) is -11.2. The molecular weight excluding hydrogens is 1660 g/mol. The quantitative estimate of drug-likeness (QED) is 0.0108. The van der Waals surface area contributed by atoms with Crippen molar-refractivity contribution < 1.29 is 127 Å². The van der Waals surface area contributed by atoms with Crippen molar-refractivity contribution in [2.24, 2.45) is 34.8 Å². The maximum absolute atomic E-state index is 14.6. The van der Waals surface area contributed by atoms with Gasteiger partial charge < -0.3 is 144 Å². The summed E-state index contributed by atoms with van der Waals surface area (Å²) in [5.41, 5.74) is 22.9. The second-order valence-electron chi connectivity index (χ2n) is 29.0. The zero-order valence-corrected chi connectivity index (χ0v) is 69.1. The number of phenols is 1. The van der Waals surface area contributed by atoms with E-state index in [9.17, 15) is 127 Å². The van der Waals surface area contributed by atoms with Gasteiger partial charge in [-0.25, -0.2) is 4.79 Å². The second kappa shape index (κ2) is 54.2. The van der Waals surface area contributed by atoms with E-state index in [1.807, 2.05) is 0 Å². The summed E-state index contributed by atoms with van der Waals surface area (Å²) >= 11 is 3.91. The summed E-state index contributed by atoms with van der Waals surface area (Å²) in [6, 6.07) is -4.60. The van der Waals surface area contributed by atoms with Crippen molar-refractivity contribution in [3.05, 3.63) is 102 Å². The van der Waals surface area contributed by atoms with Gasteiger partial charge in [0.15, 0.2) is 5.96 Å². The predicted molar refractivity (Wildman–Crippen MR) is 439 cm³/mol. The van der Waals surface area contributed by atoms with Crippen molar-refractivity contribution in [2.45, 2.75) is 176 Å². The number of aliphatic hydroxyl groups excluding tert-OH is 4. The number of carboxylic acid groups (broad SMARTS) is 2. The lowest BCUT2D eigenvalue weighted by molar-refractivity contribution is -0.143. The fourth-order valence-electron chi connectivity index (χ4n) is 11.5. The molecule has 0 saturated heterocycles. The Balaban J connectivity index is 1.95. The Morgan fingerprint density at radius 1 is 0.387 bits per heavy atom. The van der Waals surface area contributed by atoms with Crippen LogP contribution in [0.5, 0.6) is 5.75 Å². The van der Waals surface area contributed by atoms with Gasteiger partial charge >= 0.3 is 11.9 Å². The third-order valence-electron chi connectivity index (χ3n) is 18.1. The van der Waals surface area contributed by atoms with Crippen LogP contribution in [-0.4, -0.2) is 290 Å². The molecule has 0 aromatic heterocycles. The molecule has 0 aliphatic rings. The van der Waals surface area contributed by atoms with Crippen LogP contribution in [-0.2, 0) is 110 Å². The highest BCUT2D eigenvalue weighted by Gasteiger charge is 2.39. The van der Waals surface area contributed by atoms with Crippen LogP contribution in [0.25, 0.3) is 0 Å². The Morgan fingerprint density at radius 3 is 1.10 bits per heavy atom. The van der Waals surface area contributed by atoms with Crippen LogP contribution < -0.4 is 108 Å². The van der Waals surface area contributed by atoms with E-state index in [0.29, 0.717) is 11.1 Å². The van der Waals surface area contributed by atoms with Gasteiger partial charge in [-0.1, -0.05) is 100 Å². The first-order valence-corrected chi connectivity index (χ1v) is 39.4. The van der Waals surface area contributed by atoms with E-state index >= 15 is 0 Å². The molecule has 0 saturated carbocycles. The molecule has 0 spiro atoms. The summed E-state index contributed by atoms with van der Waals surface area (Å²) in [5, 5.41) is 115. The van der Waals surface area contributed by atoms with Crippen molar-refractivity contribution in [1.29, 1.82) is 5.41 Å². The topological polar surface area (TPSA) is 786 Å². The number of carbonyl (C=O) groups excluding carboxylic acids is 17. The van der Waals surface area contributed by atoms with Crippen LogP contribution in [0, 0.1) is 17.2 Å². The molecule has 0 radical (unpaired) electrons. The maximum Gasteiger partial charge on any atom is 0.326 e. The van der Waals surface area contributed by atoms with Gasteiger partial charge in [0.1, 0.15) is 84.3 Å². The highest BCUT2D eigenvalue weighted by Crippen LogP contribution is 2.15. The number of hydrogen-bond donors (Lipinski definition) is 29. The average molecular weight is 1770 g/mol. The Morgan fingerprint density at radius 2 is 0.726 bits per heavy atom. The number of nitrogens with two attached hydrogens (primary N) is 4. The SMILES string of the molecule is CC(C)C[C@H](NC(=O)CNC(=O)[C@H](CO)NC(=O)[C@H](CO)NC(=O)[C@H](Cc1ccccc1)NC(=O)[C@H](CC(=O)O)NC(=O)[C@H](Cc1ccccc1)NC(=O)[C@H](CO)NC(=O)[C@H](CCC(N)=O)NC(=O)[C@H](CCCNC(=N)N)NC(=O)[C@H](CC(N)=O)NC(=O)[C@H](Cc1ccc(O)cc1)NC(=O)[C@H](CO)NC(=O)CNC(=O)[C@@H](N)CS)C(=O)N[C@H](C(=O)O)C(C)C. The van der Waals surface area contributed by atoms with Crippen molar-refractivity contribution in [3.63, 3.8) is 0 Å². The maximum atomic E-state index is 14.6. The number of primary amides is 2. The van der Waals surface area contributed by atoms with Crippen LogP contribution in [0.1, 0.15) is 89.3 Å². The van der Waals surface area contributed by atoms with E-state index in [1.165, 1.54) is 72.8 Å². The number of rotatable bonds is 56. The molecule has 0 aliphatic heterocycles. The van der Waals surface area contributed by atoms with Crippen molar-refractivity contribution in [1.82, 2.24) is 85.1 Å². The number of amides is 17. The lowest BCUT2D eigenvalue weighted by Crippen LogP contribution is -2.62. The molecule has 0 bridgehead atoms. The highest BCUT2D eigenvalue weighted by atomic mass is 32.1. The number of hydrogen-bond acceptors (Lipinski definition) is 27. The monoisotopic (exact) mass is 1770 g/mol. The third kappa shape index (κ3) is 38.7. The molecule has 17 amide bonds. The number of aliphatic hydroxyl groups is 4. The molecule has 124 heavy (non-hydrogen) atoms. The van der Waals surface area contributed by atoms with Gasteiger partial charge in [-0.2, -0.15) is 12.6 Å². The summed E-state index contributed by atoms with van der Waals surface area (Å²) in [7, 11) is 0. The summed E-state index contributed by atoms with van der Waals surface area (Å²) < 4.78 is 0. The zero-order valence-electron chi connectivity index (χ0n) is 68.2. The molecule has 48 heteroatoms. The van der Waals surface area contributed by atoms with Crippen molar-refractivity contribution >= 4 is 131 Å². The molecule has 32 N–H and O–H groups in total. The molecule has 47 nitrogen and oxygen atoms in total. The largest absolute Gasteiger partial charge is 0.508 e. The molecule has 0 aliphatic carbocycles. The molecular formula is C76H111N21O26S. The van der Waals surface area contributed by atoms with Gasteiger partial charge in [0.05, 0.1) is 58.4 Å². The van der Waals surface area contributed by atoms with Gasteiger partial charge in [0.2, 0.25) is 100 Å². The molecule has 0 fully saturated rings. The molecule has 3 rings (SSSR count). The molecule has 0 unspecified atom stereocenters.